The van der Waals surface area contributed by atoms with Gasteiger partial charge in [-0.15, -0.1) is 0 Å². The van der Waals surface area contributed by atoms with Crippen molar-refractivity contribution >= 4 is 5.91 Å². The monoisotopic (exact) mass is 314 g/mol. The summed E-state index contributed by atoms with van der Waals surface area (Å²) in [6.45, 7) is -0.471. The van der Waals surface area contributed by atoms with E-state index in [1.165, 1.54) is 0 Å². The van der Waals surface area contributed by atoms with Crippen molar-refractivity contribution in [2.45, 2.75) is 31.4 Å². The van der Waals surface area contributed by atoms with Crippen LogP contribution < -0.4 is 11.1 Å². The second kappa shape index (κ2) is 11.7. The molecule has 0 aromatic rings. The molecule has 8 N–H and O–H groups in total. The number of carbonyl (C=O) groups excluding carboxylic acids is 1. The number of hydrogen-bond donors (Lipinski definition) is 7. The van der Waals surface area contributed by atoms with Gasteiger partial charge in [0.05, 0.1) is 17.4 Å². The SMILES string of the molecule is NC(CO)C(=O)NCCCCC(CON(O)O)ON(O)O. The molecule has 0 fully saturated rings. The van der Waals surface area contributed by atoms with Crippen LogP contribution in [0.1, 0.15) is 19.3 Å². The van der Waals surface area contributed by atoms with Gasteiger partial charge in [-0.1, -0.05) is 0 Å². The standard InChI is InChI=1S/C9H22N4O8/c10-8(5-14)9(15)11-4-2-1-3-7(21-13(18)19)6-20-12(16)17/h7-8,14,16-19H,1-6,10H2,(H,11,15). The number of aliphatic hydroxyl groups excluding tert-OH is 1. The van der Waals surface area contributed by atoms with Crippen molar-refractivity contribution in [2.24, 2.45) is 5.73 Å². The number of amides is 1. The van der Waals surface area contributed by atoms with Gasteiger partial charge in [0.15, 0.2) is 0 Å². The first-order valence-corrected chi connectivity index (χ1v) is 6.16. The van der Waals surface area contributed by atoms with Gasteiger partial charge < -0.3 is 16.2 Å². The van der Waals surface area contributed by atoms with Crippen molar-refractivity contribution in [3.8, 4) is 0 Å². The molecule has 0 bridgehead atoms. The maximum atomic E-state index is 11.2. The van der Waals surface area contributed by atoms with Crippen LogP contribution in [0.5, 0.6) is 0 Å². The van der Waals surface area contributed by atoms with Crippen molar-refractivity contribution in [1.29, 1.82) is 0 Å². The predicted molar refractivity (Wildman–Crippen MR) is 63.6 cm³/mol. The van der Waals surface area contributed by atoms with Crippen molar-refractivity contribution in [3.63, 3.8) is 0 Å². The fourth-order valence-corrected chi connectivity index (χ4v) is 1.37. The van der Waals surface area contributed by atoms with Crippen LogP contribution in [0.25, 0.3) is 0 Å². The van der Waals surface area contributed by atoms with Gasteiger partial charge in [0.2, 0.25) is 5.91 Å². The quantitative estimate of drug-likeness (QED) is 0.156. The van der Waals surface area contributed by atoms with E-state index >= 15 is 0 Å². The van der Waals surface area contributed by atoms with E-state index < -0.39 is 35.4 Å². The molecule has 0 aliphatic carbocycles. The highest BCUT2D eigenvalue weighted by molar-refractivity contribution is 5.81. The minimum atomic E-state index is -0.966. The Kier molecular flexibility index (Phi) is 11.2. The van der Waals surface area contributed by atoms with Gasteiger partial charge in [-0.2, -0.15) is 0 Å². The number of rotatable bonds is 12. The highest BCUT2D eigenvalue weighted by atomic mass is 17.1. The molecule has 2 atom stereocenters. The summed E-state index contributed by atoms with van der Waals surface area (Å²) in [6, 6.07) is -0.966. The maximum absolute atomic E-state index is 11.2. The van der Waals surface area contributed by atoms with E-state index in [0.717, 1.165) is 0 Å². The number of hydrogen-bond acceptors (Lipinski definition) is 11. The molecule has 0 rings (SSSR count). The Morgan fingerprint density at radius 2 is 1.86 bits per heavy atom. The van der Waals surface area contributed by atoms with Crippen molar-refractivity contribution in [2.75, 3.05) is 19.8 Å². The Morgan fingerprint density at radius 1 is 1.19 bits per heavy atom. The van der Waals surface area contributed by atoms with Gasteiger partial charge in [-0.3, -0.25) is 25.6 Å². The molecular weight excluding hydrogens is 292 g/mol. The summed E-state index contributed by atoms with van der Waals surface area (Å²) < 4.78 is 0. The summed E-state index contributed by atoms with van der Waals surface area (Å²) in [6.07, 6.45) is 0.473. The van der Waals surface area contributed by atoms with E-state index in [1.807, 2.05) is 0 Å². The average molecular weight is 314 g/mol. The van der Waals surface area contributed by atoms with Crippen molar-refractivity contribution < 1.29 is 40.4 Å². The Morgan fingerprint density at radius 3 is 2.38 bits per heavy atom. The van der Waals surface area contributed by atoms with Crippen molar-refractivity contribution in [1.82, 2.24) is 16.1 Å². The molecule has 0 aliphatic heterocycles. The smallest absolute Gasteiger partial charge is 0.239 e. The highest BCUT2D eigenvalue weighted by Crippen LogP contribution is 2.06. The molecule has 0 saturated heterocycles. The molecule has 12 heteroatoms. The minimum absolute atomic E-state index is 0.285. The fraction of sp³-hybridized carbons (Fsp3) is 0.889. The fourth-order valence-electron chi connectivity index (χ4n) is 1.37. The van der Waals surface area contributed by atoms with Gasteiger partial charge in [-0.05, 0) is 19.3 Å². The molecule has 0 spiro atoms. The third-order valence-electron chi connectivity index (χ3n) is 2.40. The first kappa shape index (κ1) is 20.1. The second-order valence-electron chi connectivity index (χ2n) is 4.10. The Hall–Kier alpha value is -0.930. The van der Waals surface area contributed by atoms with E-state index in [2.05, 4.69) is 15.0 Å². The topological polar surface area (TPSA) is 181 Å². The van der Waals surface area contributed by atoms with Crippen LogP contribution in [0.3, 0.4) is 0 Å². The lowest BCUT2D eigenvalue weighted by Gasteiger charge is -2.19. The maximum Gasteiger partial charge on any atom is 0.239 e. The number of nitrogens with one attached hydrogen (secondary N) is 1. The molecule has 0 saturated carbocycles. The van der Waals surface area contributed by atoms with Crippen LogP contribution in [0.2, 0.25) is 0 Å². The predicted octanol–water partition coefficient (Wildman–Crippen LogP) is -2.01. The first-order chi connectivity index (χ1) is 9.86. The summed E-state index contributed by atoms with van der Waals surface area (Å²) >= 11 is 0. The molecule has 0 aliphatic rings. The zero-order valence-corrected chi connectivity index (χ0v) is 11.3. The molecule has 0 aromatic heterocycles. The second-order valence-corrected chi connectivity index (χ2v) is 4.10. The molecule has 126 valence electrons. The number of carbonyl (C=O) groups is 1. The summed E-state index contributed by atoms with van der Waals surface area (Å²) in [4.78, 5) is 20.0. The first-order valence-electron chi connectivity index (χ1n) is 6.16. The lowest BCUT2D eigenvalue weighted by atomic mass is 10.1. The zero-order valence-electron chi connectivity index (χ0n) is 11.3. The minimum Gasteiger partial charge on any atom is -0.394 e. The molecule has 21 heavy (non-hydrogen) atoms. The summed E-state index contributed by atoms with van der Waals surface area (Å²) in [5.74, 6) is -0.471. The van der Waals surface area contributed by atoms with Gasteiger partial charge in [0, 0.05) is 6.54 Å². The van der Waals surface area contributed by atoms with Gasteiger partial charge in [-0.25, -0.2) is 9.68 Å². The number of nitrogens with zero attached hydrogens (tertiary/aromatic N) is 2. The summed E-state index contributed by atoms with van der Waals surface area (Å²) in [7, 11) is 0. The molecule has 0 heterocycles. The lowest BCUT2D eigenvalue weighted by Crippen LogP contribution is -2.43. The number of nitrogens with two attached hydrogens (primary N) is 1. The molecule has 1 amide bonds. The van der Waals surface area contributed by atoms with Crippen LogP contribution in [0, 0.1) is 0 Å². The molecule has 0 aromatic carbocycles. The Balaban J connectivity index is 3.83. The van der Waals surface area contributed by atoms with Crippen LogP contribution in [0.15, 0.2) is 0 Å². The van der Waals surface area contributed by atoms with Crippen molar-refractivity contribution in [3.05, 3.63) is 0 Å². The zero-order chi connectivity index (χ0) is 16.3. The van der Waals surface area contributed by atoms with Crippen LogP contribution in [-0.4, -0.2) is 74.5 Å². The van der Waals surface area contributed by atoms with Gasteiger partial charge >= 0.3 is 0 Å². The number of aliphatic hydroxyl groups is 1. The van der Waals surface area contributed by atoms with E-state index in [9.17, 15) is 4.79 Å². The third kappa shape index (κ3) is 11.4. The molecular formula is C9H22N4O8. The van der Waals surface area contributed by atoms with Crippen LogP contribution in [0.4, 0.5) is 0 Å². The Labute approximate surface area is 120 Å². The largest absolute Gasteiger partial charge is 0.394 e. The molecule has 2 unspecified atom stereocenters. The summed E-state index contributed by atoms with van der Waals surface area (Å²) in [5, 5.41) is 43.9. The van der Waals surface area contributed by atoms with Gasteiger partial charge in [0.25, 0.3) is 0 Å². The average Bonchev–Trinajstić information content (AvgIpc) is 2.42. The van der Waals surface area contributed by atoms with Gasteiger partial charge in [0.1, 0.15) is 18.8 Å². The van der Waals surface area contributed by atoms with E-state index in [4.69, 9.17) is 31.7 Å². The van der Waals surface area contributed by atoms with E-state index in [1.54, 1.807) is 0 Å². The normalized spacial score (nSPS) is 14.5. The molecule has 0 radical (unpaired) electrons. The van der Waals surface area contributed by atoms with E-state index in [0.29, 0.717) is 19.4 Å². The third-order valence-corrected chi connectivity index (χ3v) is 2.40. The summed E-state index contributed by atoms with van der Waals surface area (Å²) in [5.41, 5.74) is 5.29. The lowest BCUT2D eigenvalue weighted by molar-refractivity contribution is -0.527. The Bertz CT molecular complexity index is 280. The van der Waals surface area contributed by atoms with E-state index in [-0.39, 0.29) is 13.0 Å². The molecule has 12 nitrogen and oxygen atoms in total. The highest BCUT2D eigenvalue weighted by Gasteiger charge is 2.15. The van der Waals surface area contributed by atoms with Crippen LogP contribution in [-0.2, 0) is 14.5 Å². The number of unbranched alkanes of at least 4 members (excludes halogenated alkanes) is 1. The van der Waals surface area contributed by atoms with Crippen LogP contribution >= 0.6 is 0 Å².